The van der Waals surface area contributed by atoms with Gasteiger partial charge in [0.05, 0.1) is 6.61 Å². The summed E-state index contributed by atoms with van der Waals surface area (Å²) in [6.45, 7) is 5.38. The molecule has 1 amide bonds. The zero-order chi connectivity index (χ0) is 23.2. The van der Waals surface area contributed by atoms with Crippen molar-refractivity contribution in [3.63, 3.8) is 0 Å². The van der Waals surface area contributed by atoms with Gasteiger partial charge in [-0.2, -0.15) is 5.10 Å². The molecule has 1 N–H and O–H groups in total. The number of likely N-dealkylation sites (N-methyl/N-ethyl adjacent to an activating group) is 1. The number of H-pyrrole nitrogens is 1. The van der Waals surface area contributed by atoms with Gasteiger partial charge in [-0.15, -0.1) is 0 Å². The smallest absolute Gasteiger partial charge is 0.242 e. The van der Waals surface area contributed by atoms with E-state index in [4.69, 9.17) is 17.0 Å². The summed E-state index contributed by atoms with van der Waals surface area (Å²) in [5, 5.41) is 7.19. The number of nitrogens with one attached hydrogen (secondary N) is 1. The van der Waals surface area contributed by atoms with E-state index in [1.54, 1.807) is 9.47 Å². The van der Waals surface area contributed by atoms with Gasteiger partial charge >= 0.3 is 0 Å². The predicted molar refractivity (Wildman–Crippen MR) is 133 cm³/mol. The van der Waals surface area contributed by atoms with E-state index >= 15 is 0 Å². The van der Waals surface area contributed by atoms with Crippen molar-refractivity contribution in [2.45, 2.75) is 39.3 Å². The van der Waals surface area contributed by atoms with Gasteiger partial charge in [-0.1, -0.05) is 18.2 Å². The number of nitrogens with zero attached hydrogens (tertiary/aromatic N) is 4. The Hall–Kier alpha value is -3.13. The van der Waals surface area contributed by atoms with E-state index in [0.717, 1.165) is 30.0 Å². The van der Waals surface area contributed by atoms with Gasteiger partial charge in [-0.3, -0.25) is 14.5 Å². The Kier molecular flexibility index (Phi) is 7.44. The minimum atomic E-state index is -0.0202. The van der Waals surface area contributed by atoms with Crippen LogP contribution in [0.5, 0.6) is 5.75 Å². The summed E-state index contributed by atoms with van der Waals surface area (Å²) >= 11 is 5.42. The molecule has 0 saturated carbocycles. The third-order valence-electron chi connectivity index (χ3n) is 6.00. The van der Waals surface area contributed by atoms with Gasteiger partial charge in [-0.25, -0.2) is 0 Å². The molecule has 1 aliphatic heterocycles. The average Bonchev–Trinajstić information content (AvgIpc) is 3.20. The molecule has 0 aliphatic carbocycles. The maximum Gasteiger partial charge on any atom is 0.242 e. The van der Waals surface area contributed by atoms with E-state index in [2.05, 4.69) is 33.3 Å². The Morgan fingerprint density at radius 3 is 2.58 bits per heavy atom. The summed E-state index contributed by atoms with van der Waals surface area (Å²) in [6.07, 6.45) is 3.73. The Morgan fingerprint density at radius 1 is 1.12 bits per heavy atom. The quantitative estimate of drug-likeness (QED) is 0.491. The number of hydrogen-bond acceptors (Lipinski definition) is 5. The molecule has 3 aromatic rings. The van der Waals surface area contributed by atoms with Crippen molar-refractivity contribution in [2.24, 2.45) is 0 Å². The van der Waals surface area contributed by atoms with Crippen LogP contribution in [0.4, 0.5) is 5.69 Å². The number of para-hydroxylation sites is 1. The Bertz CT molecular complexity index is 1130. The first-order valence-corrected chi connectivity index (χ1v) is 11.9. The molecule has 1 saturated heterocycles. The largest absolute Gasteiger partial charge is 0.494 e. The SMILES string of the molecule is CCOc1ccc(-c2n[nH]c(=S)n2CC(=O)N(C)Cc2ccccc2N2CCCCC2)cc1. The lowest BCUT2D eigenvalue weighted by atomic mass is 10.1. The first-order chi connectivity index (χ1) is 16.1. The van der Waals surface area contributed by atoms with Crippen molar-refractivity contribution in [1.29, 1.82) is 0 Å². The van der Waals surface area contributed by atoms with Crippen molar-refractivity contribution in [2.75, 3.05) is 31.6 Å². The van der Waals surface area contributed by atoms with Crippen LogP contribution in [0.3, 0.4) is 0 Å². The van der Waals surface area contributed by atoms with Crippen LogP contribution in [-0.2, 0) is 17.9 Å². The molecule has 0 unspecified atom stereocenters. The molecule has 0 atom stereocenters. The van der Waals surface area contributed by atoms with E-state index in [0.29, 0.717) is 23.7 Å². The third kappa shape index (κ3) is 5.45. The van der Waals surface area contributed by atoms with Crippen LogP contribution in [0.2, 0.25) is 0 Å². The molecule has 8 heteroatoms. The number of carbonyl (C=O) groups excluding carboxylic acids is 1. The highest BCUT2D eigenvalue weighted by Crippen LogP contribution is 2.25. The lowest BCUT2D eigenvalue weighted by molar-refractivity contribution is -0.131. The average molecular weight is 466 g/mol. The van der Waals surface area contributed by atoms with Crippen LogP contribution in [0.15, 0.2) is 48.5 Å². The summed E-state index contributed by atoms with van der Waals surface area (Å²) in [7, 11) is 1.84. The fraction of sp³-hybridized carbons (Fsp3) is 0.400. The number of benzene rings is 2. The molecular formula is C25H31N5O2S. The Balaban J connectivity index is 1.48. The molecular weight excluding hydrogens is 434 g/mol. The van der Waals surface area contributed by atoms with Crippen LogP contribution in [0.1, 0.15) is 31.7 Å². The standard InChI is InChI=1S/C25H31N5O2S/c1-3-32-21-13-11-19(12-14-21)24-26-27-25(33)30(24)18-23(31)28(2)17-20-9-5-6-10-22(20)29-15-7-4-8-16-29/h5-6,9-14H,3-4,7-8,15-18H2,1-2H3,(H,27,33). The molecule has 174 valence electrons. The summed E-state index contributed by atoms with van der Waals surface area (Å²) < 4.78 is 7.69. The Morgan fingerprint density at radius 2 is 1.85 bits per heavy atom. The molecule has 0 spiro atoms. The van der Waals surface area contributed by atoms with Crippen LogP contribution < -0.4 is 9.64 Å². The van der Waals surface area contributed by atoms with E-state index < -0.39 is 0 Å². The van der Waals surface area contributed by atoms with Gasteiger partial charge in [0, 0.05) is 37.9 Å². The van der Waals surface area contributed by atoms with Crippen LogP contribution in [0, 0.1) is 4.77 Å². The summed E-state index contributed by atoms with van der Waals surface area (Å²) in [5.41, 5.74) is 3.27. The van der Waals surface area contributed by atoms with Gasteiger partial charge in [-0.05, 0) is 74.3 Å². The molecule has 0 bridgehead atoms. The minimum Gasteiger partial charge on any atom is -0.494 e. The maximum absolute atomic E-state index is 13.2. The fourth-order valence-corrected chi connectivity index (χ4v) is 4.44. The minimum absolute atomic E-state index is 0.0202. The summed E-state index contributed by atoms with van der Waals surface area (Å²) in [6, 6.07) is 16.0. The van der Waals surface area contributed by atoms with Crippen molar-refractivity contribution < 1.29 is 9.53 Å². The summed E-state index contributed by atoms with van der Waals surface area (Å²) in [5.74, 6) is 1.41. The molecule has 2 aromatic carbocycles. The molecule has 1 fully saturated rings. The maximum atomic E-state index is 13.2. The number of rotatable bonds is 8. The first kappa shape index (κ1) is 23.0. The van der Waals surface area contributed by atoms with Gasteiger partial charge in [0.2, 0.25) is 5.91 Å². The number of aromatic nitrogens is 3. The topological polar surface area (TPSA) is 66.4 Å². The second-order valence-corrected chi connectivity index (χ2v) is 8.71. The van der Waals surface area contributed by atoms with Crippen molar-refractivity contribution in [3.8, 4) is 17.1 Å². The molecule has 7 nitrogen and oxygen atoms in total. The van der Waals surface area contributed by atoms with Crippen molar-refractivity contribution >= 4 is 23.8 Å². The van der Waals surface area contributed by atoms with E-state index in [1.807, 2.05) is 44.3 Å². The van der Waals surface area contributed by atoms with Gasteiger partial charge < -0.3 is 14.5 Å². The number of anilines is 1. The normalized spacial score (nSPS) is 13.7. The lowest BCUT2D eigenvalue weighted by Gasteiger charge is -2.31. The second-order valence-electron chi connectivity index (χ2n) is 8.32. The number of piperidine rings is 1. The third-order valence-corrected chi connectivity index (χ3v) is 6.31. The van der Waals surface area contributed by atoms with Crippen LogP contribution in [-0.4, -0.2) is 52.3 Å². The number of amides is 1. The van der Waals surface area contributed by atoms with E-state index in [9.17, 15) is 4.79 Å². The number of aromatic amines is 1. The molecule has 0 radical (unpaired) electrons. The van der Waals surface area contributed by atoms with Crippen LogP contribution in [0.25, 0.3) is 11.4 Å². The first-order valence-electron chi connectivity index (χ1n) is 11.5. The molecule has 1 aromatic heterocycles. The second kappa shape index (κ2) is 10.7. The zero-order valence-electron chi connectivity index (χ0n) is 19.3. The van der Waals surface area contributed by atoms with E-state index in [-0.39, 0.29) is 12.5 Å². The summed E-state index contributed by atoms with van der Waals surface area (Å²) in [4.78, 5) is 17.4. The number of ether oxygens (including phenoxy) is 1. The fourth-order valence-electron chi connectivity index (χ4n) is 4.24. The van der Waals surface area contributed by atoms with Crippen molar-refractivity contribution in [1.82, 2.24) is 19.7 Å². The zero-order valence-corrected chi connectivity index (χ0v) is 20.1. The molecule has 2 heterocycles. The number of carbonyl (C=O) groups is 1. The number of hydrogen-bond donors (Lipinski definition) is 1. The molecule has 4 rings (SSSR count). The van der Waals surface area contributed by atoms with Crippen LogP contribution >= 0.6 is 12.2 Å². The highest BCUT2D eigenvalue weighted by atomic mass is 32.1. The highest BCUT2D eigenvalue weighted by molar-refractivity contribution is 7.71. The van der Waals surface area contributed by atoms with Gasteiger partial charge in [0.15, 0.2) is 10.6 Å². The predicted octanol–water partition coefficient (Wildman–Crippen LogP) is 4.66. The molecule has 33 heavy (non-hydrogen) atoms. The van der Waals surface area contributed by atoms with Crippen molar-refractivity contribution in [3.05, 3.63) is 58.9 Å². The van der Waals surface area contributed by atoms with Gasteiger partial charge in [0.1, 0.15) is 12.3 Å². The lowest BCUT2D eigenvalue weighted by Crippen LogP contribution is -2.33. The van der Waals surface area contributed by atoms with Gasteiger partial charge in [0.25, 0.3) is 0 Å². The Labute approximate surface area is 200 Å². The monoisotopic (exact) mass is 465 g/mol. The van der Waals surface area contributed by atoms with E-state index in [1.165, 1.54) is 24.9 Å². The highest BCUT2D eigenvalue weighted by Gasteiger charge is 2.19. The molecule has 1 aliphatic rings.